The van der Waals surface area contributed by atoms with E-state index in [0.717, 1.165) is 25.0 Å². The Bertz CT molecular complexity index is 492. The van der Waals surface area contributed by atoms with Crippen molar-refractivity contribution in [3.05, 3.63) is 47.8 Å². The van der Waals surface area contributed by atoms with Crippen LogP contribution < -0.4 is 5.73 Å². The summed E-state index contributed by atoms with van der Waals surface area (Å²) in [4.78, 5) is 0. The molecule has 2 aromatic rings. The van der Waals surface area contributed by atoms with Crippen LogP contribution >= 0.6 is 0 Å². The Balaban J connectivity index is 2.10. The fraction of sp³-hybridized carbons (Fsp3) is 0.429. The summed E-state index contributed by atoms with van der Waals surface area (Å²) >= 11 is 0. The van der Waals surface area contributed by atoms with Crippen LogP contribution in [0.5, 0.6) is 0 Å². The van der Waals surface area contributed by atoms with Crippen LogP contribution in [-0.4, -0.2) is 20.5 Å². The third-order valence-corrected chi connectivity index (χ3v) is 3.29. The minimum absolute atomic E-state index is 0.253. The van der Waals surface area contributed by atoms with Crippen molar-refractivity contribution in [2.24, 2.45) is 12.8 Å². The number of nitrogens with two attached hydrogens (primary N) is 1. The van der Waals surface area contributed by atoms with E-state index in [4.69, 9.17) is 5.73 Å². The number of rotatable bonds is 5. The molecule has 4 heteroatoms. The van der Waals surface area contributed by atoms with Gasteiger partial charge in [-0.1, -0.05) is 42.5 Å². The molecule has 1 unspecified atom stereocenters. The molecule has 0 spiro atoms. The fourth-order valence-electron chi connectivity index (χ4n) is 2.15. The Labute approximate surface area is 108 Å². The van der Waals surface area contributed by atoms with Crippen molar-refractivity contribution in [3.63, 3.8) is 0 Å². The first kappa shape index (κ1) is 12.8. The zero-order valence-corrected chi connectivity index (χ0v) is 11.0. The number of hydrogen-bond donors (Lipinski definition) is 1. The first-order valence-electron chi connectivity index (χ1n) is 6.29. The van der Waals surface area contributed by atoms with Crippen LogP contribution in [0.3, 0.4) is 0 Å². The summed E-state index contributed by atoms with van der Waals surface area (Å²) in [5.74, 6) is 0. The van der Waals surface area contributed by atoms with Crippen LogP contribution in [0.1, 0.15) is 24.6 Å². The Morgan fingerprint density at radius 3 is 2.50 bits per heavy atom. The summed E-state index contributed by atoms with van der Waals surface area (Å²) in [5.41, 5.74) is 8.47. The molecule has 1 aromatic carbocycles. The van der Waals surface area contributed by atoms with Crippen molar-refractivity contribution in [1.29, 1.82) is 0 Å². The predicted octanol–water partition coefficient (Wildman–Crippen LogP) is 1.71. The molecule has 0 radical (unpaired) electrons. The van der Waals surface area contributed by atoms with Gasteiger partial charge in [0.05, 0.1) is 5.69 Å². The summed E-state index contributed by atoms with van der Waals surface area (Å²) in [6, 6.07) is 10.4. The van der Waals surface area contributed by atoms with Gasteiger partial charge in [-0.15, -0.1) is 5.10 Å². The highest BCUT2D eigenvalue weighted by Crippen LogP contribution is 2.19. The van der Waals surface area contributed by atoms with Gasteiger partial charge in [0.25, 0.3) is 0 Å². The molecule has 4 nitrogen and oxygen atoms in total. The molecule has 18 heavy (non-hydrogen) atoms. The summed E-state index contributed by atoms with van der Waals surface area (Å²) < 4.78 is 1.72. The maximum absolute atomic E-state index is 6.49. The number of benzene rings is 1. The van der Waals surface area contributed by atoms with E-state index in [1.165, 1.54) is 5.56 Å². The first-order valence-corrected chi connectivity index (χ1v) is 6.29. The summed E-state index contributed by atoms with van der Waals surface area (Å²) in [5, 5.41) is 8.08. The maximum atomic E-state index is 6.49. The number of aryl methyl sites for hydroxylation is 1. The zero-order valence-electron chi connectivity index (χ0n) is 11.0. The monoisotopic (exact) mass is 244 g/mol. The second-order valence-corrected chi connectivity index (χ2v) is 4.94. The minimum Gasteiger partial charge on any atom is -0.324 e. The lowest BCUT2D eigenvalue weighted by Gasteiger charge is -2.27. The van der Waals surface area contributed by atoms with Gasteiger partial charge in [-0.05, 0) is 18.4 Å². The van der Waals surface area contributed by atoms with Crippen LogP contribution in [0.25, 0.3) is 0 Å². The third kappa shape index (κ3) is 3.17. The molecule has 1 heterocycles. The van der Waals surface area contributed by atoms with Crippen molar-refractivity contribution in [2.75, 3.05) is 0 Å². The van der Waals surface area contributed by atoms with Gasteiger partial charge in [-0.2, -0.15) is 0 Å². The summed E-state index contributed by atoms with van der Waals surface area (Å²) in [7, 11) is 1.87. The molecule has 0 aliphatic carbocycles. The van der Waals surface area contributed by atoms with Crippen molar-refractivity contribution < 1.29 is 0 Å². The molecule has 1 aromatic heterocycles. The second kappa shape index (κ2) is 5.31. The third-order valence-electron chi connectivity index (χ3n) is 3.29. The molecule has 1 atom stereocenters. The van der Waals surface area contributed by atoms with Gasteiger partial charge in [0.1, 0.15) is 0 Å². The van der Waals surface area contributed by atoms with Gasteiger partial charge in [0, 0.05) is 25.2 Å². The normalized spacial score (nSPS) is 14.4. The molecule has 0 bridgehead atoms. The molecular weight excluding hydrogens is 224 g/mol. The topological polar surface area (TPSA) is 56.7 Å². The van der Waals surface area contributed by atoms with Crippen molar-refractivity contribution in [2.45, 2.75) is 31.7 Å². The summed E-state index contributed by atoms with van der Waals surface area (Å²) in [6.45, 7) is 2.12. The standard InChI is InChI=1S/C14H20N4/c1-3-14(15,9-12-7-5-4-6-8-12)10-13-11-18(2)17-16-13/h4-8,11H,3,9-10,15H2,1-2H3. The van der Waals surface area contributed by atoms with E-state index in [1.54, 1.807) is 4.68 Å². The van der Waals surface area contributed by atoms with Crippen LogP contribution in [0.2, 0.25) is 0 Å². The van der Waals surface area contributed by atoms with Gasteiger partial charge in [0.15, 0.2) is 0 Å². The number of hydrogen-bond acceptors (Lipinski definition) is 3. The average molecular weight is 244 g/mol. The second-order valence-electron chi connectivity index (χ2n) is 4.94. The van der Waals surface area contributed by atoms with E-state index in [9.17, 15) is 0 Å². The Kier molecular flexibility index (Phi) is 3.77. The SMILES string of the molecule is CCC(N)(Cc1ccccc1)Cc1cn(C)nn1. The van der Waals surface area contributed by atoms with Gasteiger partial charge < -0.3 is 5.73 Å². The van der Waals surface area contributed by atoms with E-state index in [1.807, 2.05) is 31.4 Å². The largest absolute Gasteiger partial charge is 0.324 e. The quantitative estimate of drug-likeness (QED) is 0.871. The molecule has 96 valence electrons. The van der Waals surface area contributed by atoms with E-state index in [2.05, 4.69) is 29.4 Å². The number of aromatic nitrogens is 3. The highest BCUT2D eigenvalue weighted by atomic mass is 15.4. The molecule has 0 aliphatic rings. The van der Waals surface area contributed by atoms with E-state index >= 15 is 0 Å². The average Bonchev–Trinajstić information content (AvgIpc) is 2.75. The lowest BCUT2D eigenvalue weighted by molar-refractivity contribution is 0.400. The summed E-state index contributed by atoms with van der Waals surface area (Å²) in [6.07, 6.45) is 4.47. The minimum atomic E-state index is -0.253. The lowest BCUT2D eigenvalue weighted by Crippen LogP contribution is -2.43. The Morgan fingerprint density at radius 2 is 1.94 bits per heavy atom. The fourth-order valence-corrected chi connectivity index (χ4v) is 2.15. The highest BCUT2D eigenvalue weighted by molar-refractivity contribution is 5.18. The van der Waals surface area contributed by atoms with Crippen LogP contribution in [0, 0.1) is 0 Å². The van der Waals surface area contributed by atoms with Gasteiger partial charge in [0.2, 0.25) is 0 Å². The smallest absolute Gasteiger partial charge is 0.0845 e. The maximum Gasteiger partial charge on any atom is 0.0845 e. The molecule has 0 saturated heterocycles. The van der Waals surface area contributed by atoms with Gasteiger partial charge in [-0.3, -0.25) is 4.68 Å². The van der Waals surface area contributed by atoms with E-state index < -0.39 is 0 Å². The van der Waals surface area contributed by atoms with Crippen LogP contribution in [-0.2, 0) is 19.9 Å². The predicted molar refractivity (Wildman–Crippen MR) is 72.1 cm³/mol. The van der Waals surface area contributed by atoms with Gasteiger partial charge >= 0.3 is 0 Å². The van der Waals surface area contributed by atoms with Crippen LogP contribution in [0.4, 0.5) is 0 Å². The molecule has 0 fully saturated rings. The molecule has 0 aliphatic heterocycles. The first-order chi connectivity index (χ1) is 8.61. The van der Waals surface area contributed by atoms with Crippen molar-refractivity contribution in [3.8, 4) is 0 Å². The van der Waals surface area contributed by atoms with E-state index in [0.29, 0.717) is 0 Å². The van der Waals surface area contributed by atoms with Crippen molar-refractivity contribution >= 4 is 0 Å². The molecule has 2 N–H and O–H groups in total. The van der Waals surface area contributed by atoms with Crippen molar-refractivity contribution in [1.82, 2.24) is 15.0 Å². The molecule has 0 amide bonds. The molecular formula is C14H20N4. The zero-order chi connectivity index (χ0) is 13.0. The van der Waals surface area contributed by atoms with Crippen LogP contribution in [0.15, 0.2) is 36.5 Å². The van der Waals surface area contributed by atoms with Gasteiger partial charge in [-0.25, -0.2) is 0 Å². The molecule has 0 saturated carbocycles. The Morgan fingerprint density at radius 1 is 1.22 bits per heavy atom. The lowest BCUT2D eigenvalue weighted by atomic mass is 9.85. The number of nitrogens with zero attached hydrogens (tertiary/aromatic N) is 3. The highest BCUT2D eigenvalue weighted by Gasteiger charge is 2.25. The molecule has 2 rings (SSSR count). The Hall–Kier alpha value is -1.68. The van der Waals surface area contributed by atoms with E-state index in [-0.39, 0.29) is 5.54 Å².